The summed E-state index contributed by atoms with van der Waals surface area (Å²) in [7, 11) is -1.76. The molecule has 1 N–H and O–H groups in total. The summed E-state index contributed by atoms with van der Waals surface area (Å²) in [5, 5.41) is 3.14. The molecule has 0 aromatic carbocycles. The predicted molar refractivity (Wildman–Crippen MR) is 84.8 cm³/mol. The van der Waals surface area contributed by atoms with Crippen molar-refractivity contribution < 1.29 is 8.42 Å². The van der Waals surface area contributed by atoms with E-state index in [0.29, 0.717) is 18.3 Å². The van der Waals surface area contributed by atoms with Gasteiger partial charge in [0.1, 0.15) is 10.7 Å². The zero-order chi connectivity index (χ0) is 15.3. The monoisotopic (exact) mass is 311 g/mol. The van der Waals surface area contributed by atoms with Crippen LogP contribution in [-0.4, -0.2) is 37.8 Å². The summed E-state index contributed by atoms with van der Waals surface area (Å²) in [6.07, 6.45) is 7.16. The summed E-state index contributed by atoms with van der Waals surface area (Å²) in [5.74, 6) is 1.22. The summed E-state index contributed by atoms with van der Waals surface area (Å²) in [4.78, 5) is 4.45. The van der Waals surface area contributed by atoms with Crippen LogP contribution in [0, 0.1) is 5.92 Å². The van der Waals surface area contributed by atoms with Gasteiger partial charge in [-0.3, -0.25) is 0 Å². The van der Waals surface area contributed by atoms with Gasteiger partial charge in [-0.1, -0.05) is 19.8 Å². The Balaban J connectivity index is 2.03. The van der Waals surface area contributed by atoms with Crippen molar-refractivity contribution >= 4 is 15.8 Å². The Labute approximate surface area is 127 Å². The quantitative estimate of drug-likeness (QED) is 0.841. The third-order valence-corrected chi connectivity index (χ3v) is 5.80. The highest BCUT2D eigenvalue weighted by atomic mass is 32.2. The lowest BCUT2D eigenvalue weighted by molar-refractivity contribution is 0.387. The van der Waals surface area contributed by atoms with Gasteiger partial charge in [0.15, 0.2) is 0 Å². The van der Waals surface area contributed by atoms with Gasteiger partial charge >= 0.3 is 0 Å². The summed E-state index contributed by atoms with van der Waals surface area (Å²) in [6, 6.07) is 3.36. The third kappa shape index (κ3) is 4.17. The fourth-order valence-electron chi connectivity index (χ4n) is 2.73. The SMILES string of the molecule is CCCNc1ccc(S(=O)(=O)N(C)CC2CCCC2)cn1. The molecule has 0 aliphatic heterocycles. The van der Waals surface area contributed by atoms with E-state index in [1.54, 1.807) is 19.2 Å². The molecule has 0 spiro atoms. The maximum Gasteiger partial charge on any atom is 0.244 e. The number of nitrogens with zero attached hydrogens (tertiary/aromatic N) is 2. The van der Waals surface area contributed by atoms with Crippen molar-refractivity contribution in [2.24, 2.45) is 5.92 Å². The van der Waals surface area contributed by atoms with Crippen LogP contribution in [0.15, 0.2) is 23.2 Å². The molecule has 1 aromatic rings. The van der Waals surface area contributed by atoms with E-state index in [2.05, 4.69) is 17.2 Å². The van der Waals surface area contributed by atoms with Crippen molar-refractivity contribution in [3.05, 3.63) is 18.3 Å². The van der Waals surface area contributed by atoms with Gasteiger partial charge in [-0.15, -0.1) is 0 Å². The lowest BCUT2D eigenvalue weighted by Gasteiger charge is -2.20. The molecule has 0 bridgehead atoms. The molecule has 0 radical (unpaired) electrons. The van der Waals surface area contributed by atoms with Crippen LogP contribution in [0.3, 0.4) is 0 Å². The van der Waals surface area contributed by atoms with E-state index >= 15 is 0 Å². The Bertz CT molecular complexity index is 537. The molecule has 1 fully saturated rings. The maximum atomic E-state index is 12.5. The van der Waals surface area contributed by atoms with Crippen molar-refractivity contribution in [2.75, 3.05) is 25.5 Å². The van der Waals surface area contributed by atoms with Crippen LogP contribution in [0.2, 0.25) is 0 Å². The van der Waals surface area contributed by atoms with Gasteiger partial charge in [0.05, 0.1) is 0 Å². The minimum atomic E-state index is -3.42. The number of pyridine rings is 1. The highest BCUT2D eigenvalue weighted by Crippen LogP contribution is 2.27. The van der Waals surface area contributed by atoms with Gasteiger partial charge in [-0.2, -0.15) is 0 Å². The van der Waals surface area contributed by atoms with Crippen molar-refractivity contribution in [3.63, 3.8) is 0 Å². The molecule has 0 amide bonds. The van der Waals surface area contributed by atoms with Gasteiger partial charge in [-0.05, 0) is 37.3 Å². The largest absolute Gasteiger partial charge is 0.370 e. The molecule has 1 aromatic heterocycles. The van der Waals surface area contributed by atoms with Gasteiger partial charge < -0.3 is 5.32 Å². The first kappa shape index (κ1) is 16.2. The standard InChI is InChI=1S/C15H25N3O2S/c1-3-10-16-15-9-8-14(11-17-15)21(19,20)18(2)12-13-6-4-5-7-13/h8-9,11,13H,3-7,10,12H2,1-2H3,(H,16,17). The molecular weight excluding hydrogens is 286 g/mol. The number of sulfonamides is 1. The Kier molecular flexibility index (Phi) is 5.58. The molecule has 1 heterocycles. The molecule has 0 saturated heterocycles. The molecule has 1 aliphatic rings. The first-order valence-electron chi connectivity index (χ1n) is 7.70. The van der Waals surface area contributed by atoms with Crippen LogP contribution in [0.25, 0.3) is 0 Å². The lowest BCUT2D eigenvalue weighted by Crippen LogP contribution is -2.31. The van der Waals surface area contributed by atoms with Crippen molar-refractivity contribution in [2.45, 2.75) is 43.9 Å². The first-order valence-corrected chi connectivity index (χ1v) is 9.14. The zero-order valence-corrected chi connectivity index (χ0v) is 13.7. The summed E-state index contributed by atoms with van der Waals surface area (Å²) in [6.45, 7) is 3.52. The van der Waals surface area contributed by atoms with Crippen LogP contribution >= 0.6 is 0 Å². The number of rotatable bonds is 7. The van der Waals surface area contributed by atoms with Crippen LogP contribution in [0.4, 0.5) is 5.82 Å². The molecule has 21 heavy (non-hydrogen) atoms. The Morgan fingerprint density at radius 1 is 1.33 bits per heavy atom. The summed E-state index contributed by atoms with van der Waals surface area (Å²) >= 11 is 0. The number of anilines is 1. The smallest absolute Gasteiger partial charge is 0.244 e. The summed E-state index contributed by atoms with van der Waals surface area (Å²) < 4.78 is 26.5. The number of hydrogen-bond acceptors (Lipinski definition) is 4. The first-order chi connectivity index (χ1) is 10.0. The molecule has 0 atom stereocenters. The lowest BCUT2D eigenvalue weighted by atomic mass is 10.1. The van der Waals surface area contributed by atoms with Crippen molar-refractivity contribution in [1.82, 2.24) is 9.29 Å². The van der Waals surface area contributed by atoms with E-state index in [9.17, 15) is 8.42 Å². The van der Waals surface area contributed by atoms with Crippen LogP contribution in [0.1, 0.15) is 39.0 Å². The normalized spacial score (nSPS) is 16.5. The predicted octanol–water partition coefficient (Wildman–Crippen LogP) is 2.71. The number of aromatic nitrogens is 1. The minimum Gasteiger partial charge on any atom is -0.370 e. The highest BCUT2D eigenvalue weighted by Gasteiger charge is 2.25. The summed E-state index contributed by atoms with van der Waals surface area (Å²) in [5.41, 5.74) is 0. The fourth-order valence-corrected chi connectivity index (χ4v) is 3.92. The Hall–Kier alpha value is -1.14. The maximum absolute atomic E-state index is 12.5. The number of hydrogen-bond donors (Lipinski definition) is 1. The molecule has 5 nitrogen and oxygen atoms in total. The van der Waals surface area contributed by atoms with Crippen LogP contribution in [-0.2, 0) is 10.0 Å². The zero-order valence-electron chi connectivity index (χ0n) is 12.9. The minimum absolute atomic E-state index is 0.269. The highest BCUT2D eigenvalue weighted by molar-refractivity contribution is 7.89. The number of nitrogens with one attached hydrogen (secondary N) is 1. The van der Waals surface area contributed by atoms with E-state index in [0.717, 1.165) is 25.8 Å². The van der Waals surface area contributed by atoms with E-state index in [1.807, 2.05) is 0 Å². The molecule has 6 heteroatoms. The van der Waals surface area contributed by atoms with E-state index in [4.69, 9.17) is 0 Å². The van der Waals surface area contributed by atoms with Crippen LogP contribution in [0.5, 0.6) is 0 Å². The Morgan fingerprint density at radius 2 is 2.05 bits per heavy atom. The molecule has 0 unspecified atom stereocenters. The second-order valence-corrected chi connectivity index (χ2v) is 7.79. The average molecular weight is 311 g/mol. The van der Waals surface area contributed by atoms with E-state index in [1.165, 1.54) is 23.3 Å². The second kappa shape index (κ2) is 7.22. The molecule has 118 valence electrons. The second-order valence-electron chi connectivity index (χ2n) is 5.74. The van der Waals surface area contributed by atoms with Gasteiger partial charge in [-0.25, -0.2) is 17.7 Å². The van der Waals surface area contributed by atoms with Gasteiger partial charge in [0.25, 0.3) is 0 Å². The van der Waals surface area contributed by atoms with E-state index in [-0.39, 0.29) is 4.90 Å². The van der Waals surface area contributed by atoms with Crippen molar-refractivity contribution in [1.29, 1.82) is 0 Å². The Morgan fingerprint density at radius 3 is 2.62 bits per heavy atom. The average Bonchev–Trinajstić information content (AvgIpc) is 2.98. The molecule has 1 aliphatic carbocycles. The van der Waals surface area contributed by atoms with Gasteiger partial charge in [0, 0.05) is 26.3 Å². The molecular formula is C15H25N3O2S. The molecule has 2 rings (SSSR count). The molecule has 1 saturated carbocycles. The van der Waals surface area contributed by atoms with Crippen LogP contribution < -0.4 is 5.32 Å². The van der Waals surface area contributed by atoms with Crippen molar-refractivity contribution in [3.8, 4) is 0 Å². The fraction of sp³-hybridized carbons (Fsp3) is 0.667. The van der Waals surface area contributed by atoms with Gasteiger partial charge in [0.2, 0.25) is 10.0 Å². The van der Waals surface area contributed by atoms with E-state index < -0.39 is 10.0 Å². The topological polar surface area (TPSA) is 62.3 Å². The third-order valence-electron chi connectivity index (χ3n) is 3.99.